The number of carbonyl (C=O) groups excluding carboxylic acids is 2. The van der Waals surface area contributed by atoms with Crippen LogP contribution in [0.3, 0.4) is 0 Å². The second kappa shape index (κ2) is 8.98. The summed E-state index contributed by atoms with van der Waals surface area (Å²) in [6.07, 6.45) is 4.21. The molecule has 2 aliphatic rings. The zero-order chi connectivity index (χ0) is 24.7. The maximum absolute atomic E-state index is 13.9. The smallest absolute Gasteiger partial charge is 0.275 e. The Bertz CT molecular complexity index is 1240. The van der Waals surface area contributed by atoms with Gasteiger partial charge < -0.3 is 24.6 Å². The number of hydrogen-bond acceptors (Lipinski definition) is 5. The van der Waals surface area contributed by atoms with Crippen molar-refractivity contribution in [1.82, 2.24) is 14.8 Å². The molecule has 8 nitrogen and oxygen atoms in total. The minimum absolute atomic E-state index is 0.208. The third kappa shape index (κ3) is 3.96. The molecule has 0 fully saturated rings. The minimum atomic E-state index is -1.20. The van der Waals surface area contributed by atoms with E-state index < -0.39 is 70.3 Å². The Morgan fingerprint density at radius 1 is 1.21 bits per heavy atom. The van der Waals surface area contributed by atoms with E-state index in [1.54, 1.807) is 26.0 Å². The van der Waals surface area contributed by atoms with E-state index in [2.05, 4.69) is 5.32 Å². The van der Waals surface area contributed by atoms with E-state index in [1.165, 1.54) is 9.47 Å². The van der Waals surface area contributed by atoms with Gasteiger partial charge in [0.25, 0.3) is 11.8 Å². The quantitative estimate of drug-likeness (QED) is 0.644. The Kier molecular flexibility index (Phi) is 6.22. The first-order valence-electron chi connectivity index (χ1n) is 10.6. The average molecular weight is 477 g/mol. The molecule has 2 amide bonds. The van der Waals surface area contributed by atoms with Crippen LogP contribution in [0, 0.1) is 17.5 Å². The number of pyridine rings is 1. The van der Waals surface area contributed by atoms with E-state index in [9.17, 15) is 32.7 Å². The molecule has 0 aliphatic carbocycles. The summed E-state index contributed by atoms with van der Waals surface area (Å²) in [4.78, 5) is 40.1. The molecule has 4 rings (SSSR count). The molecule has 34 heavy (non-hydrogen) atoms. The van der Waals surface area contributed by atoms with Crippen molar-refractivity contribution in [2.24, 2.45) is 0 Å². The summed E-state index contributed by atoms with van der Waals surface area (Å²) in [6.45, 7) is 3.48. The number of halogens is 3. The topological polar surface area (TPSA) is 101 Å². The lowest BCUT2D eigenvalue weighted by Gasteiger charge is -2.38. The highest BCUT2D eigenvalue weighted by molar-refractivity contribution is 5.99. The molecular formula is C23H22F3N3O5. The molecule has 0 saturated carbocycles. The number of ether oxygens (including phenoxy) is 1. The van der Waals surface area contributed by atoms with Gasteiger partial charge >= 0.3 is 0 Å². The van der Waals surface area contributed by atoms with Crippen molar-refractivity contribution in [2.45, 2.75) is 38.6 Å². The maximum atomic E-state index is 13.9. The molecule has 3 atom stereocenters. The number of aromatic hydroxyl groups is 1. The molecule has 0 radical (unpaired) electrons. The van der Waals surface area contributed by atoms with Gasteiger partial charge in [-0.15, -0.1) is 0 Å². The van der Waals surface area contributed by atoms with Crippen molar-refractivity contribution in [3.8, 4) is 5.75 Å². The van der Waals surface area contributed by atoms with Gasteiger partial charge in [-0.05, 0) is 13.8 Å². The molecule has 180 valence electrons. The molecule has 11 heteroatoms. The van der Waals surface area contributed by atoms with Gasteiger partial charge in [0.1, 0.15) is 23.0 Å². The summed E-state index contributed by atoms with van der Waals surface area (Å²) in [5.74, 6) is -6.03. The van der Waals surface area contributed by atoms with Gasteiger partial charge in [0.2, 0.25) is 5.43 Å². The molecule has 0 spiro atoms. The van der Waals surface area contributed by atoms with Crippen LogP contribution in [0.1, 0.15) is 46.3 Å². The first-order chi connectivity index (χ1) is 16.1. The Hall–Kier alpha value is -3.60. The van der Waals surface area contributed by atoms with Crippen LogP contribution in [0.2, 0.25) is 0 Å². The Morgan fingerprint density at radius 2 is 1.88 bits per heavy atom. The van der Waals surface area contributed by atoms with Crippen molar-refractivity contribution in [3.05, 3.63) is 75.0 Å². The van der Waals surface area contributed by atoms with Crippen LogP contribution in [0.5, 0.6) is 5.75 Å². The van der Waals surface area contributed by atoms with Gasteiger partial charge in [-0.1, -0.05) is 12.2 Å². The number of benzene rings is 1. The number of amides is 2. The maximum Gasteiger partial charge on any atom is 0.275 e. The number of hydrogen-bond donors (Lipinski definition) is 2. The van der Waals surface area contributed by atoms with Crippen LogP contribution in [-0.4, -0.2) is 51.7 Å². The van der Waals surface area contributed by atoms with Crippen molar-refractivity contribution in [1.29, 1.82) is 0 Å². The second-order valence-corrected chi connectivity index (χ2v) is 8.08. The summed E-state index contributed by atoms with van der Waals surface area (Å²) in [7, 11) is 0. The van der Waals surface area contributed by atoms with Crippen LogP contribution in [0.25, 0.3) is 0 Å². The number of carbonyl (C=O) groups is 2. The Morgan fingerprint density at radius 3 is 2.53 bits per heavy atom. The monoisotopic (exact) mass is 477 g/mol. The van der Waals surface area contributed by atoms with Crippen LogP contribution >= 0.6 is 0 Å². The van der Waals surface area contributed by atoms with E-state index in [-0.39, 0.29) is 18.3 Å². The predicted octanol–water partition coefficient (Wildman–Crippen LogP) is 2.26. The Balaban J connectivity index is 1.72. The van der Waals surface area contributed by atoms with E-state index >= 15 is 0 Å². The molecule has 2 bridgehead atoms. The van der Waals surface area contributed by atoms with Crippen molar-refractivity contribution in [3.63, 3.8) is 0 Å². The van der Waals surface area contributed by atoms with Gasteiger partial charge in [-0.3, -0.25) is 14.4 Å². The van der Waals surface area contributed by atoms with Gasteiger partial charge in [0.15, 0.2) is 11.4 Å². The van der Waals surface area contributed by atoms with Gasteiger partial charge in [0, 0.05) is 49.6 Å². The molecule has 2 N–H and O–H groups in total. The van der Waals surface area contributed by atoms with E-state index in [0.29, 0.717) is 18.7 Å². The average Bonchev–Trinajstić information content (AvgIpc) is 2.91. The molecule has 3 unspecified atom stereocenters. The van der Waals surface area contributed by atoms with Crippen LogP contribution < -0.4 is 10.7 Å². The van der Waals surface area contributed by atoms with E-state index in [0.717, 1.165) is 6.20 Å². The van der Waals surface area contributed by atoms with Gasteiger partial charge in [-0.2, -0.15) is 0 Å². The summed E-state index contributed by atoms with van der Waals surface area (Å²) in [6, 6.07) is 0.0810. The third-order valence-corrected chi connectivity index (χ3v) is 6.00. The number of fused-ring (bicyclic) bond motifs is 4. The fourth-order valence-electron chi connectivity index (χ4n) is 4.24. The highest BCUT2D eigenvalue weighted by Gasteiger charge is 2.41. The number of nitrogens with one attached hydrogen (secondary N) is 1. The predicted molar refractivity (Wildman–Crippen MR) is 114 cm³/mol. The largest absolute Gasteiger partial charge is 0.503 e. The SMILES string of the molecule is CCOC1C=CC(C)N2CC1n1cc(C(=O)NCc3c(F)cc(F)cc3F)c(=O)c(O)c1C2=O. The van der Waals surface area contributed by atoms with E-state index in [4.69, 9.17) is 4.74 Å². The zero-order valence-electron chi connectivity index (χ0n) is 18.3. The molecule has 3 heterocycles. The highest BCUT2D eigenvalue weighted by Crippen LogP contribution is 2.33. The lowest BCUT2D eigenvalue weighted by Crippen LogP contribution is -2.49. The number of nitrogens with zero attached hydrogens (tertiary/aromatic N) is 2. The number of aromatic nitrogens is 1. The summed E-state index contributed by atoms with van der Waals surface area (Å²) < 4.78 is 48.0. The number of rotatable bonds is 5. The van der Waals surface area contributed by atoms with Crippen LogP contribution in [0.15, 0.2) is 35.3 Å². The van der Waals surface area contributed by atoms with Crippen molar-refractivity contribution < 1.29 is 32.6 Å². The standard InChI is InChI=1S/C23H22F3N3O5/c1-3-34-18-5-4-11(2)28-10-17(18)29-9-14(20(30)21(31)19(29)23(28)33)22(32)27-8-13-15(25)6-12(24)7-16(13)26/h4-7,9,11,17-18,31H,3,8,10H2,1-2H3,(H,27,32). The second-order valence-electron chi connectivity index (χ2n) is 8.08. The molecule has 2 aromatic rings. The zero-order valence-corrected chi connectivity index (χ0v) is 18.3. The first-order valence-corrected chi connectivity index (χ1v) is 10.6. The minimum Gasteiger partial charge on any atom is -0.503 e. The molecular weight excluding hydrogens is 455 g/mol. The third-order valence-electron chi connectivity index (χ3n) is 6.00. The van der Waals surface area contributed by atoms with Crippen LogP contribution in [0.4, 0.5) is 13.2 Å². The molecule has 2 aliphatic heterocycles. The first kappa shape index (κ1) is 23.6. The van der Waals surface area contributed by atoms with Gasteiger partial charge in [-0.25, -0.2) is 13.2 Å². The summed E-state index contributed by atoms with van der Waals surface area (Å²) in [5.41, 5.74) is -2.50. The normalized spacial score (nSPS) is 21.3. The molecule has 1 aromatic carbocycles. The fraction of sp³-hybridized carbons (Fsp3) is 0.348. The summed E-state index contributed by atoms with van der Waals surface area (Å²) in [5, 5.41) is 12.8. The lowest BCUT2D eigenvalue weighted by molar-refractivity contribution is 0.0295. The van der Waals surface area contributed by atoms with Crippen molar-refractivity contribution in [2.75, 3.05) is 13.2 Å². The highest BCUT2D eigenvalue weighted by atomic mass is 19.1. The molecule has 1 aromatic heterocycles. The summed E-state index contributed by atoms with van der Waals surface area (Å²) >= 11 is 0. The van der Waals surface area contributed by atoms with Gasteiger partial charge in [0.05, 0.1) is 12.1 Å². The lowest BCUT2D eigenvalue weighted by atomic mass is 10.0. The Labute approximate surface area is 192 Å². The molecule has 0 saturated heterocycles. The van der Waals surface area contributed by atoms with Crippen molar-refractivity contribution >= 4 is 11.8 Å². The van der Waals surface area contributed by atoms with E-state index in [1.807, 2.05) is 0 Å². The van der Waals surface area contributed by atoms with Crippen LogP contribution in [-0.2, 0) is 11.3 Å². The fourth-order valence-corrected chi connectivity index (χ4v) is 4.24.